The number of anilines is 1. The van der Waals surface area contributed by atoms with Gasteiger partial charge in [0, 0.05) is 10.7 Å². The maximum Gasteiger partial charge on any atom is 0.205 e. The minimum Gasteiger partial charge on any atom is -0.508 e. The molecule has 2 aromatic rings. The first-order valence-electron chi connectivity index (χ1n) is 6.60. The highest BCUT2D eigenvalue weighted by molar-refractivity contribution is 6.30. The summed E-state index contributed by atoms with van der Waals surface area (Å²) in [5.41, 5.74) is 7.43. The van der Waals surface area contributed by atoms with E-state index in [4.69, 9.17) is 17.3 Å². The smallest absolute Gasteiger partial charge is 0.205 e. The van der Waals surface area contributed by atoms with Crippen LogP contribution in [0.2, 0.25) is 5.02 Å². The van der Waals surface area contributed by atoms with Gasteiger partial charge in [-0.2, -0.15) is 0 Å². The summed E-state index contributed by atoms with van der Waals surface area (Å²) in [6.45, 7) is 0. The molecule has 0 spiro atoms. The SMILES string of the molecule is NC1=N[C@H](c2ccc(O)cc2)N=C(Nc2cccc(Cl)c2)N1. The van der Waals surface area contributed by atoms with Gasteiger partial charge in [-0.3, -0.25) is 5.32 Å². The van der Waals surface area contributed by atoms with E-state index in [0.29, 0.717) is 11.0 Å². The van der Waals surface area contributed by atoms with Crippen LogP contribution in [0.25, 0.3) is 0 Å². The van der Waals surface area contributed by atoms with E-state index in [-0.39, 0.29) is 11.7 Å². The molecule has 22 heavy (non-hydrogen) atoms. The summed E-state index contributed by atoms with van der Waals surface area (Å²) in [4.78, 5) is 8.70. The highest BCUT2D eigenvalue weighted by atomic mass is 35.5. The fourth-order valence-corrected chi connectivity index (χ4v) is 2.22. The van der Waals surface area contributed by atoms with E-state index in [1.165, 1.54) is 0 Å². The maximum atomic E-state index is 9.35. The Kier molecular flexibility index (Phi) is 3.84. The third kappa shape index (κ3) is 3.29. The topological polar surface area (TPSA) is 95.0 Å². The molecule has 6 nitrogen and oxygen atoms in total. The zero-order chi connectivity index (χ0) is 15.5. The van der Waals surface area contributed by atoms with Gasteiger partial charge in [0.05, 0.1) is 0 Å². The van der Waals surface area contributed by atoms with Crippen LogP contribution in [0.15, 0.2) is 58.5 Å². The van der Waals surface area contributed by atoms with Gasteiger partial charge in [0.25, 0.3) is 0 Å². The van der Waals surface area contributed by atoms with Crippen molar-refractivity contribution in [3.63, 3.8) is 0 Å². The third-order valence-corrected chi connectivity index (χ3v) is 3.27. The summed E-state index contributed by atoms with van der Waals surface area (Å²) in [6, 6.07) is 14.0. The number of hydrogen-bond donors (Lipinski definition) is 4. The maximum absolute atomic E-state index is 9.35. The second-order valence-corrected chi connectivity index (χ2v) is 5.15. The molecule has 0 aromatic heterocycles. The first-order chi connectivity index (χ1) is 10.6. The van der Waals surface area contributed by atoms with Crippen molar-refractivity contribution in [3.8, 4) is 5.75 Å². The van der Waals surface area contributed by atoms with Gasteiger partial charge in [0.15, 0.2) is 12.1 Å². The number of halogens is 1. The molecule has 1 heterocycles. The Hall–Kier alpha value is -2.73. The van der Waals surface area contributed by atoms with E-state index < -0.39 is 6.17 Å². The standard InChI is InChI=1S/C15H14ClN5O/c16-10-2-1-3-11(8-10)18-15-20-13(19-14(17)21-15)9-4-6-12(22)7-5-9/h1-8,13,22H,(H4,17,18,19,20,21)/t13-/m0/s1. The van der Waals surface area contributed by atoms with Crippen LogP contribution in [0, 0.1) is 0 Å². The number of hydrogen-bond acceptors (Lipinski definition) is 6. The van der Waals surface area contributed by atoms with Crippen LogP contribution in [-0.4, -0.2) is 17.0 Å². The molecule has 0 saturated heterocycles. The summed E-state index contributed by atoms with van der Waals surface area (Å²) < 4.78 is 0. The molecule has 1 aliphatic rings. The first-order valence-corrected chi connectivity index (χ1v) is 6.97. The fourth-order valence-electron chi connectivity index (χ4n) is 2.03. The van der Waals surface area contributed by atoms with Gasteiger partial charge >= 0.3 is 0 Å². The number of nitrogens with two attached hydrogens (primary N) is 1. The lowest BCUT2D eigenvalue weighted by molar-refractivity contribution is 0.475. The predicted molar refractivity (Wildman–Crippen MR) is 88.1 cm³/mol. The van der Waals surface area contributed by atoms with E-state index in [1.807, 2.05) is 12.1 Å². The number of nitrogens with zero attached hydrogens (tertiary/aromatic N) is 2. The fraction of sp³-hybridized carbons (Fsp3) is 0.0667. The molecular weight excluding hydrogens is 302 g/mol. The van der Waals surface area contributed by atoms with Gasteiger partial charge in [0.2, 0.25) is 5.96 Å². The highest BCUT2D eigenvalue weighted by Crippen LogP contribution is 2.23. The van der Waals surface area contributed by atoms with Gasteiger partial charge in [-0.25, -0.2) is 9.98 Å². The Morgan fingerprint density at radius 1 is 1.14 bits per heavy atom. The quantitative estimate of drug-likeness (QED) is 0.684. The van der Waals surface area contributed by atoms with Gasteiger partial charge in [-0.05, 0) is 35.9 Å². The molecule has 0 unspecified atom stereocenters. The molecule has 7 heteroatoms. The molecule has 1 aliphatic heterocycles. The Morgan fingerprint density at radius 2 is 1.91 bits per heavy atom. The number of phenols is 1. The van der Waals surface area contributed by atoms with E-state index in [9.17, 15) is 5.11 Å². The summed E-state index contributed by atoms with van der Waals surface area (Å²) in [5, 5.41) is 15.9. The van der Waals surface area contributed by atoms with Crippen LogP contribution >= 0.6 is 11.6 Å². The normalized spacial score (nSPS) is 17.2. The van der Waals surface area contributed by atoms with Crippen molar-refractivity contribution in [2.24, 2.45) is 15.7 Å². The van der Waals surface area contributed by atoms with Gasteiger partial charge in [-0.1, -0.05) is 29.8 Å². The van der Waals surface area contributed by atoms with E-state index in [2.05, 4.69) is 20.6 Å². The number of aromatic hydroxyl groups is 1. The molecule has 2 aromatic carbocycles. The molecular formula is C15H14ClN5O. The highest BCUT2D eigenvalue weighted by Gasteiger charge is 2.16. The van der Waals surface area contributed by atoms with Crippen LogP contribution in [0.4, 0.5) is 5.69 Å². The molecule has 3 rings (SSSR count). The summed E-state index contributed by atoms with van der Waals surface area (Å²) in [7, 11) is 0. The second kappa shape index (κ2) is 5.95. The van der Waals surface area contributed by atoms with Crippen molar-refractivity contribution in [2.45, 2.75) is 6.17 Å². The molecule has 0 fully saturated rings. The predicted octanol–water partition coefficient (Wildman–Crippen LogP) is 2.43. The Balaban J connectivity index is 1.84. The van der Waals surface area contributed by atoms with Crippen LogP contribution < -0.4 is 16.4 Å². The minimum atomic E-state index is -0.469. The largest absolute Gasteiger partial charge is 0.508 e. The average molecular weight is 316 g/mol. The lowest BCUT2D eigenvalue weighted by Crippen LogP contribution is -2.43. The van der Waals surface area contributed by atoms with Crippen LogP contribution in [0.3, 0.4) is 0 Å². The van der Waals surface area contributed by atoms with Crippen molar-refractivity contribution < 1.29 is 5.11 Å². The minimum absolute atomic E-state index is 0.191. The summed E-state index contributed by atoms with van der Waals surface area (Å²) >= 11 is 5.96. The van der Waals surface area contributed by atoms with Gasteiger partial charge in [-0.15, -0.1) is 0 Å². The van der Waals surface area contributed by atoms with Gasteiger partial charge in [0.1, 0.15) is 5.75 Å². The van der Waals surface area contributed by atoms with E-state index in [1.54, 1.807) is 36.4 Å². The average Bonchev–Trinajstić information content (AvgIpc) is 2.47. The van der Waals surface area contributed by atoms with Crippen LogP contribution in [0.1, 0.15) is 11.7 Å². The summed E-state index contributed by atoms with van der Waals surface area (Å²) in [6.07, 6.45) is -0.469. The molecule has 1 atom stereocenters. The van der Waals surface area contributed by atoms with Crippen LogP contribution in [0.5, 0.6) is 5.75 Å². The van der Waals surface area contributed by atoms with Crippen molar-refractivity contribution in [2.75, 3.05) is 5.32 Å². The van der Waals surface area contributed by atoms with E-state index >= 15 is 0 Å². The number of aliphatic imine (C=N–C) groups is 2. The monoisotopic (exact) mass is 315 g/mol. The Morgan fingerprint density at radius 3 is 2.64 bits per heavy atom. The van der Waals surface area contributed by atoms with Gasteiger partial charge < -0.3 is 16.2 Å². The summed E-state index contributed by atoms with van der Waals surface area (Å²) in [5.74, 6) is 0.932. The Bertz CT molecular complexity index is 742. The van der Waals surface area contributed by atoms with Crippen molar-refractivity contribution in [1.29, 1.82) is 0 Å². The zero-order valence-electron chi connectivity index (χ0n) is 11.5. The lowest BCUT2D eigenvalue weighted by Gasteiger charge is -2.20. The Labute approximate surface area is 132 Å². The molecule has 0 saturated carbocycles. The molecule has 112 valence electrons. The first kappa shape index (κ1) is 14.2. The lowest BCUT2D eigenvalue weighted by atomic mass is 10.1. The number of benzene rings is 2. The van der Waals surface area contributed by atoms with Crippen LogP contribution in [-0.2, 0) is 0 Å². The third-order valence-electron chi connectivity index (χ3n) is 3.04. The van der Waals surface area contributed by atoms with E-state index in [0.717, 1.165) is 11.3 Å². The number of phenolic OH excluding ortho intramolecular Hbond substituents is 1. The van der Waals surface area contributed by atoms with Crippen molar-refractivity contribution >= 4 is 29.2 Å². The molecule has 0 bridgehead atoms. The zero-order valence-corrected chi connectivity index (χ0v) is 12.2. The number of nitrogens with one attached hydrogen (secondary N) is 2. The molecule has 0 radical (unpaired) electrons. The number of rotatable bonds is 2. The second-order valence-electron chi connectivity index (χ2n) is 4.72. The molecule has 0 amide bonds. The van der Waals surface area contributed by atoms with Crippen molar-refractivity contribution in [1.82, 2.24) is 5.32 Å². The molecule has 5 N–H and O–H groups in total. The molecule has 0 aliphatic carbocycles. The van der Waals surface area contributed by atoms with Crippen molar-refractivity contribution in [3.05, 3.63) is 59.1 Å². The number of guanidine groups is 2.